The van der Waals surface area contributed by atoms with Gasteiger partial charge in [0.25, 0.3) is 5.91 Å². The van der Waals surface area contributed by atoms with Crippen LogP contribution in [-0.4, -0.2) is 27.4 Å². The van der Waals surface area contributed by atoms with Gasteiger partial charge >= 0.3 is 0 Å². The molecule has 6 nitrogen and oxygen atoms in total. The van der Waals surface area contributed by atoms with Crippen molar-refractivity contribution in [1.82, 2.24) is 9.55 Å². The Hall–Kier alpha value is -3.15. The van der Waals surface area contributed by atoms with Gasteiger partial charge in [-0.05, 0) is 43.5 Å². The number of carbonyl (C=O) groups is 2. The summed E-state index contributed by atoms with van der Waals surface area (Å²) in [6.07, 6.45) is 4.36. The first kappa shape index (κ1) is 17.9. The quantitative estimate of drug-likeness (QED) is 0.728. The van der Waals surface area contributed by atoms with E-state index in [1.54, 1.807) is 0 Å². The van der Waals surface area contributed by atoms with Crippen LogP contribution < -0.4 is 10.2 Å². The number of aromatic nitrogens is 2. The molecule has 1 atom stereocenters. The highest BCUT2D eigenvalue weighted by Gasteiger charge is 2.44. The average molecular weight is 388 g/mol. The summed E-state index contributed by atoms with van der Waals surface area (Å²) < 4.78 is 1.97. The molecule has 1 N–H and O–H groups in total. The molecule has 2 amide bonds. The molecule has 1 aliphatic heterocycles. The van der Waals surface area contributed by atoms with Gasteiger partial charge < -0.3 is 5.32 Å². The third kappa shape index (κ3) is 2.99. The molecule has 1 aliphatic carbocycles. The molecule has 0 saturated heterocycles. The van der Waals surface area contributed by atoms with Crippen LogP contribution >= 0.6 is 0 Å². The van der Waals surface area contributed by atoms with E-state index in [-0.39, 0.29) is 24.3 Å². The molecular formula is C23H24N4O2. The number of carbonyl (C=O) groups excluding carboxylic acids is 2. The molecule has 0 bridgehead atoms. The highest BCUT2D eigenvalue weighted by Crippen LogP contribution is 2.40. The zero-order valence-corrected chi connectivity index (χ0v) is 16.5. The molecule has 2 aliphatic rings. The van der Waals surface area contributed by atoms with E-state index >= 15 is 0 Å². The summed E-state index contributed by atoms with van der Waals surface area (Å²) in [6.45, 7) is 1.96. The van der Waals surface area contributed by atoms with Crippen molar-refractivity contribution in [2.45, 2.75) is 51.1 Å². The molecule has 0 spiro atoms. The Bertz CT molecular complexity index is 1100. The maximum absolute atomic E-state index is 13.4. The van der Waals surface area contributed by atoms with Crippen LogP contribution in [0.25, 0.3) is 11.0 Å². The maximum atomic E-state index is 13.4. The molecule has 29 heavy (non-hydrogen) atoms. The number of amides is 2. The van der Waals surface area contributed by atoms with E-state index in [4.69, 9.17) is 4.98 Å². The van der Waals surface area contributed by atoms with Gasteiger partial charge in [0.05, 0.1) is 17.5 Å². The van der Waals surface area contributed by atoms with Crippen molar-refractivity contribution >= 4 is 34.5 Å². The minimum Gasteiger partial charge on any atom is -0.326 e. The minimum atomic E-state index is -0.554. The molecule has 148 valence electrons. The number of aryl methyl sites for hydroxylation is 1. The van der Waals surface area contributed by atoms with E-state index in [1.165, 1.54) is 0 Å². The molecule has 3 aromatic rings. The van der Waals surface area contributed by atoms with Gasteiger partial charge in [0.1, 0.15) is 6.04 Å². The van der Waals surface area contributed by atoms with Crippen LogP contribution in [0.4, 0.5) is 11.6 Å². The van der Waals surface area contributed by atoms with Gasteiger partial charge in [-0.2, -0.15) is 0 Å². The highest BCUT2D eigenvalue weighted by atomic mass is 16.2. The van der Waals surface area contributed by atoms with Crippen LogP contribution in [0.5, 0.6) is 0 Å². The fraction of sp³-hybridized carbons (Fsp3) is 0.348. The van der Waals surface area contributed by atoms with Crippen molar-refractivity contribution in [3.8, 4) is 0 Å². The highest BCUT2D eigenvalue weighted by molar-refractivity contribution is 6.05. The number of fused-ring (bicyclic) bond motifs is 3. The zero-order chi connectivity index (χ0) is 20.0. The van der Waals surface area contributed by atoms with Gasteiger partial charge in [-0.15, -0.1) is 0 Å². The van der Waals surface area contributed by atoms with E-state index in [9.17, 15) is 9.59 Å². The van der Waals surface area contributed by atoms with Crippen molar-refractivity contribution in [2.75, 3.05) is 10.2 Å². The Morgan fingerprint density at radius 1 is 1.10 bits per heavy atom. The summed E-state index contributed by atoms with van der Waals surface area (Å²) in [7, 11) is 0. The molecule has 6 heteroatoms. The third-order valence-electron chi connectivity index (χ3n) is 6.11. The van der Waals surface area contributed by atoms with E-state index in [0.717, 1.165) is 48.0 Å². The Balaban J connectivity index is 1.49. The maximum Gasteiger partial charge on any atom is 0.253 e. The Labute approximate surface area is 169 Å². The standard InChI is InChI=1S/C23H24N4O2/c1-15-8-2-5-11-17(15)24-21(28)14-20-22(29)26(16-9-3-4-10-16)23-25-18-12-6-7-13-19(18)27(20)23/h2,5-8,11-13,16,20H,3-4,9-10,14H2,1H3,(H,24,28). The molecular weight excluding hydrogens is 364 g/mol. The molecule has 2 aromatic carbocycles. The summed E-state index contributed by atoms with van der Waals surface area (Å²) in [5.41, 5.74) is 3.55. The summed E-state index contributed by atoms with van der Waals surface area (Å²) >= 11 is 0. The number of nitrogens with one attached hydrogen (secondary N) is 1. The number of nitrogens with zero attached hydrogens (tertiary/aromatic N) is 3. The number of rotatable bonds is 4. The topological polar surface area (TPSA) is 67.2 Å². The van der Waals surface area contributed by atoms with E-state index in [1.807, 2.05) is 64.9 Å². The average Bonchev–Trinajstić information content (AvgIpc) is 3.41. The normalized spacial score (nSPS) is 19.1. The molecule has 2 heterocycles. The second-order valence-electron chi connectivity index (χ2n) is 8.00. The summed E-state index contributed by atoms with van der Waals surface area (Å²) in [5, 5.41) is 2.97. The Morgan fingerprint density at radius 2 is 1.83 bits per heavy atom. The number of anilines is 2. The number of hydrogen-bond donors (Lipinski definition) is 1. The van der Waals surface area contributed by atoms with Gasteiger partial charge in [-0.3, -0.25) is 19.1 Å². The molecule has 1 fully saturated rings. The van der Waals surface area contributed by atoms with Gasteiger partial charge in [0, 0.05) is 11.7 Å². The smallest absolute Gasteiger partial charge is 0.253 e. The monoisotopic (exact) mass is 388 g/mol. The lowest BCUT2D eigenvalue weighted by Gasteiger charge is -2.22. The van der Waals surface area contributed by atoms with Crippen molar-refractivity contribution in [1.29, 1.82) is 0 Å². The summed E-state index contributed by atoms with van der Waals surface area (Å²) in [6, 6.07) is 15.1. The Morgan fingerprint density at radius 3 is 2.62 bits per heavy atom. The lowest BCUT2D eigenvalue weighted by atomic mass is 10.1. The lowest BCUT2D eigenvalue weighted by molar-refractivity contribution is -0.125. The summed E-state index contributed by atoms with van der Waals surface area (Å²) in [5.74, 6) is 0.525. The first-order chi connectivity index (χ1) is 14.1. The molecule has 5 rings (SSSR count). The van der Waals surface area contributed by atoms with Crippen molar-refractivity contribution in [3.63, 3.8) is 0 Å². The third-order valence-corrected chi connectivity index (χ3v) is 6.11. The second kappa shape index (κ2) is 7.03. The largest absolute Gasteiger partial charge is 0.326 e. The fourth-order valence-electron chi connectivity index (χ4n) is 4.65. The van der Waals surface area contributed by atoms with Gasteiger partial charge in [0.15, 0.2) is 0 Å². The van der Waals surface area contributed by atoms with Gasteiger partial charge in [-0.25, -0.2) is 4.98 Å². The summed E-state index contributed by atoms with van der Waals surface area (Å²) in [4.78, 5) is 32.9. The predicted molar refractivity (Wildman–Crippen MR) is 113 cm³/mol. The fourth-order valence-corrected chi connectivity index (χ4v) is 4.65. The van der Waals surface area contributed by atoms with Crippen LogP contribution in [0.15, 0.2) is 48.5 Å². The van der Waals surface area contributed by atoms with Crippen molar-refractivity contribution in [2.24, 2.45) is 0 Å². The second-order valence-corrected chi connectivity index (χ2v) is 8.00. The minimum absolute atomic E-state index is 0.00918. The van der Waals surface area contributed by atoms with Gasteiger partial charge in [0.2, 0.25) is 11.9 Å². The molecule has 1 unspecified atom stereocenters. The van der Waals surface area contributed by atoms with Crippen LogP contribution in [0, 0.1) is 6.92 Å². The van der Waals surface area contributed by atoms with E-state index < -0.39 is 6.04 Å². The first-order valence-corrected chi connectivity index (χ1v) is 10.3. The lowest BCUT2D eigenvalue weighted by Crippen LogP contribution is -2.38. The molecule has 1 aromatic heterocycles. The predicted octanol–water partition coefficient (Wildman–Crippen LogP) is 4.20. The molecule has 1 saturated carbocycles. The van der Waals surface area contributed by atoms with E-state index in [2.05, 4.69) is 5.32 Å². The number of para-hydroxylation sites is 3. The Kier molecular flexibility index (Phi) is 4.34. The van der Waals surface area contributed by atoms with E-state index in [0.29, 0.717) is 5.95 Å². The number of imidazole rings is 1. The van der Waals surface area contributed by atoms with Crippen molar-refractivity contribution < 1.29 is 9.59 Å². The van der Waals surface area contributed by atoms with Gasteiger partial charge in [-0.1, -0.05) is 43.2 Å². The first-order valence-electron chi connectivity index (χ1n) is 10.3. The number of benzene rings is 2. The zero-order valence-electron chi connectivity index (χ0n) is 16.5. The van der Waals surface area contributed by atoms with Crippen LogP contribution in [0.1, 0.15) is 43.7 Å². The van der Waals surface area contributed by atoms with Crippen molar-refractivity contribution in [3.05, 3.63) is 54.1 Å². The van der Waals surface area contributed by atoms with Crippen LogP contribution in [0.3, 0.4) is 0 Å². The van der Waals surface area contributed by atoms with Crippen LogP contribution in [0.2, 0.25) is 0 Å². The number of hydrogen-bond acceptors (Lipinski definition) is 3. The van der Waals surface area contributed by atoms with Crippen LogP contribution in [-0.2, 0) is 9.59 Å². The molecule has 0 radical (unpaired) electrons. The SMILES string of the molecule is Cc1ccccc1NC(=O)CC1C(=O)N(C2CCCC2)c2nc3ccccc3n21.